The van der Waals surface area contributed by atoms with E-state index in [-0.39, 0.29) is 18.4 Å². The fourth-order valence-corrected chi connectivity index (χ4v) is 9.42. The molecule has 0 aliphatic carbocycles. The monoisotopic (exact) mass is 889 g/mol. The highest BCUT2D eigenvalue weighted by atomic mass is 35.6. The van der Waals surface area contributed by atoms with E-state index in [0.717, 1.165) is 26.2 Å². The van der Waals surface area contributed by atoms with Crippen molar-refractivity contribution < 1.29 is 67.0 Å². The quantitative estimate of drug-likeness (QED) is 0.0732. The second-order valence-electron chi connectivity index (χ2n) is 9.74. The van der Waals surface area contributed by atoms with Crippen LogP contribution < -0.4 is 16.4 Å². The molecule has 2 unspecified atom stereocenters. The van der Waals surface area contributed by atoms with E-state index in [0.29, 0.717) is 6.42 Å². The number of unbranched alkanes of at least 4 members (excludes halogenated alkanes) is 4. The lowest BCUT2D eigenvalue weighted by molar-refractivity contribution is -0.119. The highest BCUT2D eigenvalue weighted by Crippen LogP contribution is 2.67. The average Bonchev–Trinajstić information content (AvgIpc) is 2.87. The van der Waals surface area contributed by atoms with Crippen molar-refractivity contribution in [2.75, 3.05) is 0 Å². The molecule has 27 heteroatoms. The van der Waals surface area contributed by atoms with E-state index >= 15 is 0 Å². The zero-order valence-corrected chi connectivity index (χ0v) is 33.1. The first-order valence-electron chi connectivity index (χ1n) is 13.0. The zero-order valence-electron chi connectivity index (χ0n) is 24.9. The Morgan fingerprint density at radius 1 is 0.708 bits per heavy atom. The number of nitrogens with one attached hydrogen (secondary N) is 2. The van der Waals surface area contributed by atoms with Crippen LogP contribution in [0.1, 0.15) is 62.7 Å². The molecule has 2 amide bonds. The Balaban J connectivity index is 0. The van der Waals surface area contributed by atoms with Gasteiger partial charge in [-0.25, -0.2) is 0 Å². The number of carbonyl (C=O) groups is 2. The maximum Gasteiger partial charge on any atom is 0.357 e. The molecule has 12 N–H and O–H groups in total. The first kappa shape index (κ1) is 50.6. The lowest BCUT2D eigenvalue weighted by Crippen LogP contribution is -2.43. The lowest BCUT2D eigenvalue weighted by atomic mass is 10.1. The summed E-state index contributed by atoms with van der Waals surface area (Å²) in [7, 11) is -19.6. The van der Waals surface area contributed by atoms with Gasteiger partial charge in [-0.1, -0.05) is 127 Å². The predicted octanol–water partition coefficient (Wildman–Crippen LogP) is 4.60. The van der Waals surface area contributed by atoms with Gasteiger partial charge in [0.15, 0.2) is 11.6 Å². The Morgan fingerprint density at radius 2 is 1.08 bits per heavy atom. The molecule has 282 valence electrons. The number of halogens is 6. The molecule has 1 aromatic carbocycles. The van der Waals surface area contributed by atoms with Crippen molar-refractivity contribution in [2.45, 2.75) is 76.5 Å². The van der Waals surface area contributed by atoms with Crippen LogP contribution in [0.25, 0.3) is 0 Å². The van der Waals surface area contributed by atoms with Crippen molar-refractivity contribution in [3.8, 4) is 0 Å². The van der Waals surface area contributed by atoms with Crippen molar-refractivity contribution >= 4 is 112 Å². The third-order valence-corrected chi connectivity index (χ3v) is 14.2. The molecule has 17 nitrogen and oxygen atoms in total. The van der Waals surface area contributed by atoms with Gasteiger partial charge in [-0.15, -0.1) is 0 Å². The topological polar surface area (TPSA) is 314 Å². The van der Waals surface area contributed by atoms with E-state index in [9.17, 15) is 27.8 Å². The normalized spacial score (nSPS) is 14.4. The maximum atomic E-state index is 11.7. The third kappa shape index (κ3) is 19.3. The predicted molar refractivity (Wildman–Crippen MR) is 184 cm³/mol. The van der Waals surface area contributed by atoms with Crippen molar-refractivity contribution in [1.29, 1.82) is 0 Å². The summed E-state index contributed by atoms with van der Waals surface area (Å²) in [5.74, 6) is -5.18. The molecule has 0 radical (unpaired) electrons. The number of amides is 2. The minimum Gasteiger partial charge on any atom is -0.339 e. The van der Waals surface area contributed by atoms with Crippen LogP contribution >= 0.6 is 100.0 Å². The molecule has 0 fully saturated rings. The van der Waals surface area contributed by atoms with Crippen LogP contribution in [0, 0.1) is 0 Å². The summed E-state index contributed by atoms with van der Waals surface area (Å²) >= 11 is 32.1. The van der Waals surface area contributed by atoms with E-state index in [4.69, 9.17) is 114 Å². The van der Waals surface area contributed by atoms with Crippen LogP contribution in [0.3, 0.4) is 0 Å². The minimum absolute atomic E-state index is 0.199. The molecule has 0 aliphatic rings. The zero-order chi connectivity index (χ0) is 38.6. The highest BCUT2D eigenvalue weighted by Gasteiger charge is 2.56. The molecule has 0 bridgehead atoms. The summed E-state index contributed by atoms with van der Waals surface area (Å²) in [6.07, 6.45) is 3.38. The van der Waals surface area contributed by atoms with Gasteiger partial charge < -0.3 is 55.5 Å². The van der Waals surface area contributed by atoms with Crippen molar-refractivity contribution in [1.82, 2.24) is 10.6 Å². The van der Waals surface area contributed by atoms with E-state index in [1.54, 1.807) is 18.2 Å². The summed E-state index contributed by atoms with van der Waals surface area (Å²) < 4.78 is 39.5. The smallest absolute Gasteiger partial charge is 0.339 e. The number of carbonyl (C=O) groups excluding carboxylic acids is 2. The van der Waals surface area contributed by atoms with Gasteiger partial charge in [-0.2, -0.15) is 0 Å². The van der Waals surface area contributed by atoms with Gasteiger partial charge in [0.25, 0.3) is 5.91 Å². The number of hydrogen-bond donors (Lipinski definition) is 11. The van der Waals surface area contributed by atoms with Crippen LogP contribution in [-0.2, 0) is 23.1 Å². The highest BCUT2D eigenvalue weighted by molar-refractivity contribution is 7.72. The van der Waals surface area contributed by atoms with E-state index < -0.39 is 66.4 Å². The molecular formula is C21H37Cl6N3O14P4. The SMILES string of the molecule is CC(=O)NC(C(Cl)(Cl)Cl)P(=O)(O)O.CCCCCCCC(N)(P(=O)(O)O)P(=O)(O)O.O=C(NC(C(Cl)(Cl)Cl)P(=O)(O)O)c1ccccc1. The summed E-state index contributed by atoms with van der Waals surface area (Å²) in [6.45, 7) is 3.07. The van der Waals surface area contributed by atoms with Gasteiger partial charge in [0.2, 0.25) is 18.5 Å². The molecule has 0 spiro atoms. The number of alkyl halides is 6. The summed E-state index contributed by atoms with van der Waals surface area (Å²) in [6, 6.07) is 7.80. The van der Waals surface area contributed by atoms with Gasteiger partial charge >= 0.3 is 30.4 Å². The van der Waals surface area contributed by atoms with Crippen LogP contribution in [0.5, 0.6) is 0 Å². The molecule has 0 saturated carbocycles. The fraction of sp³-hybridized carbons (Fsp3) is 0.619. The Morgan fingerprint density at radius 3 is 1.38 bits per heavy atom. The second-order valence-corrected chi connectivity index (χ2v) is 22.0. The third-order valence-electron chi connectivity index (χ3n) is 5.59. The van der Waals surface area contributed by atoms with E-state index in [1.165, 1.54) is 12.1 Å². The Kier molecular flexibility index (Phi) is 21.7. The Labute approximate surface area is 306 Å². The van der Waals surface area contributed by atoms with Crippen LogP contribution in [0.4, 0.5) is 0 Å². The van der Waals surface area contributed by atoms with Crippen molar-refractivity contribution in [3.63, 3.8) is 0 Å². The summed E-state index contributed by atoms with van der Waals surface area (Å²) in [4.78, 5) is 93.6. The summed E-state index contributed by atoms with van der Waals surface area (Å²) in [5, 5.41) is 1.13. The molecule has 48 heavy (non-hydrogen) atoms. The van der Waals surface area contributed by atoms with Gasteiger partial charge in [0, 0.05) is 12.5 Å². The van der Waals surface area contributed by atoms with Crippen molar-refractivity contribution in [3.05, 3.63) is 35.9 Å². The fourth-order valence-electron chi connectivity index (χ4n) is 3.15. The molecule has 0 saturated heterocycles. The molecule has 1 rings (SSSR count). The minimum atomic E-state index is -5.05. The van der Waals surface area contributed by atoms with Gasteiger partial charge in [-0.05, 0) is 18.6 Å². The molecule has 0 aromatic heterocycles. The molecule has 0 heterocycles. The molecule has 0 aliphatic heterocycles. The lowest BCUT2D eigenvalue weighted by Gasteiger charge is -2.30. The second kappa shape index (κ2) is 20.6. The van der Waals surface area contributed by atoms with Gasteiger partial charge in [-0.3, -0.25) is 27.8 Å². The summed E-state index contributed by atoms with van der Waals surface area (Å²) in [5.41, 5.74) is 5.44. The first-order valence-corrected chi connectivity index (χ1v) is 21.9. The van der Waals surface area contributed by atoms with E-state index in [2.05, 4.69) is 0 Å². The van der Waals surface area contributed by atoms with Crippen LogP contribution in [0.15, 0.2) is 30.3 Å². The number of hydrogen-bond acceptors (Lipinski definition) is 7. The van der Waals surface area contributed by atoms with E-state index in [1.807, 2.05) is 17.6 Å². The van der Waals surface area contributed by atoms with Crippen LogP contribution in [-0.4, -0.2) is 75.1 Å². The van der Waals surface area contributed by atoms with Crippen molar-refractivity contribution in [2.24, 2.45) is 5.73 Å². The molecule has 1 aromatic rings. The van der Waals surface area contributed by atoms with Crippen LogP contribution in [0.2, 0.25) is 0 Å². The maximum absolute atomic E-state index is 11.7. The average molecular weight is 892 g/mol. The Bertz CT molecular complexity index is 1340. The number of rotatable bonds is 13. The molecule has 2 atom stereocenters. The molecular weight excluding hydrogens is 855 g/mol. The number of nitrogens with two attached hydrogens (primary N) is 1. The van der Waals surface area contributed by atoms with Gasteiger partial charge in [0.05, 0.1) is 0 Å². The first-order chi connectivity index (χ1) is 21.2. The number of benzene rings is 1. The standard InChI is InChI=1S/C9H9Cl3NO4P.C8H21NO6P2.C4H7Cl3NO4P/c10-9(11,12)8(18(15,16)17)13-7(14)6-4-2-1-3-5-6;1-2-3-4-5-6-7-8(9,16(10,11)12)17(13,14)15;1-2(9)8-3(4(5,6)7)13(10,11)12/h1-5,8H,(H,13,14)(H2,15,16,17);2-7,9H2,1H3,(H2,10,11,12)(H2,13,14,15);3H,1H3,(H,8,9)(H2,10,11,12). The largest absolute Gasteiger partial charge is 0.357 e. The Hall–Kier alpha value is 0.460. The van der Waals surface area contributed by atoms with Gasteiger partial charge in [0.1, 0.15) is 0 Å².